The Balaban J connectivity index is 2.13. The molecule has 2 aliphatic carbocycles. The van der Waals surface area contributed by atoms with Crippen LogP contribution in [0.15, 0.2) is 23.6 Å². The molecule has 2 rings (SSSR count). The number of hydrogen-bond acceptors (Lipinski definition) is 1. The maximum atomic E-state index is 13.0. The summed E-state index contributed by atoms with van der Waals surface area (Å²) in [7, 11) is 0. The first kappa shape index (κ1) is 9.63. The van der Waals surface area contributed by atoms with Gasteiger partial charge in [0.15, 0.2) is 0 Å². The highest BCUT2D eigenvalue weighted by Gasteiger charge is 2.25. The number of ketones is 1. The largest absolute Gasteiger partial charge is 0.299 e. The lowest BCUT2D eigenvalue weighted by Crippen LogP contribution is -2.21. The third-order valence-electron chi connectivity index (χ3n) is 3.04. The van der Waals surface area contributed by atoms with Crippen molar-refractivity contribution in [3.05, 3.63) is 23.6 Å². The van der Waals surface area contributed by atoms with Gasteiger partial charge in [0.1, 0.15) is 11.6 Å². The fraction of sp³-hybridized carbons (Fsp3) is 0.583. The second-order valence-corrected chi connectivity index (χ2v) is 4.10. The average molecular weight is 194 g/mol. The van der Waals surface area contributed by atoms with E-state index in [0.717, 1.165) is 31.3 Å². The minimum Gasteiger partial charge on any atom is -0.299 e. The van der Waals surface area contributed by atoms with E-state index in [1.54, 1.807) is 6.08 Å². The average Bonchev–Trinajstić information content (AvgIpc) is 2.18. The molecule has 14 heavy (non-hydrogen) atoms. The summed E-state index contributed by atoms with van der Waals surface area (Å²) in [5, 5.41) is 0. The molecule has 0 aromatic carbocycles. The maximum Gasteiger partial charge on any atom is 0.140 e. The standard InChI is InChI=1S/C12H15FO/c13-10-5-3-4-9(8-10)11-6-1-2-7-12(11)14/h4,8,11H,1-3,5-7H2. The number of carbonyl (C=O) groups excluding carboxylic acids is 1. The highest BCUT2D eigenvalue weighted by atomic mass is 19.1. The smallest absolute Gasteiger partial charge is 0.140 e. The van der Waals surface area contributed by atoms with Crippen molar-refractivity contribution in [3.8, 4) is 0 Å². The van der Waals surface area contributed by atoms with Crippen molar-refractivity contribution in [2.24, 2.45) is 5.92 Å². The first-order valence-electron chi connectivity index (χ1n) is 5.36. The molecule has 0 heterocycles. The number of allylic oxidation sites excluding steroid dienone is 4. The molecule has 0 bridgehead atoms. The normalized spacial score (nSPS) is 28.4. The molecular weight excluding hydrogens is 179 g/mol. The van der Waals surface area contributed by atoms with Gasteiger partial charge >= 0.3 is 0 Å². The Morgan fingerprint density at radius 1 is 1.29 bits per heavy atom. The molecule has 0 spiro atoms. The number of carbonyl (C=O) groups is 1. The quantitative estimate of drug-likeness (QED) is 0.625. The van der Waals surface area contributed by atoms with E-state index in [2.05, 4.69) is 0 Å². The monoisotopic (exact) mass is 194 g/mol. The fourth-order valence-electron chi connectivity index (χ4n) is 2.27. The van der Waals surface area contributed by atoms with Gasteiger partial charge in [-0.3, -0.25) is 4.79 Å². The van der Waals surface area contributed by atoms with Crippen molar-refractivity contribution in [2.45, 2.75) is 38.5 Å². The van der Waals surface area contributed by atoms with Crippen LogP contribution in [0.2, 0.25) is 0 Å². The first-order chi connectivity index (χ1) is 6.77. The van der Waals surface area contributed by atoms with E-state index in [-0.39, 0.29) is 11.7 Å². The molecule has 1 saturated carbocycles. The van der Waals surface area contributed by atoms with E-state index in [1.807, 2.05) is 6.08 Å². The molecule has 1 nitrogen and oxygen atoms in total. The summed E-state index contributed by atoms with van der Waals surface area (Å²) in [5.74, 6) is 0.226. The summed E-state index contributed by atoms with van der Waals surface area (Å²) in [6.45, 7) is 0. The van der Waals surface area contributed by atoms with Gasteiger partial charge in [-0.2, -0.15) is 0 Å². The van der Waals surface area contributed by atoms with Crippen LogP contribution in [-0.2, 0) is 4.79 Å². The van der Waals surface area contributed by atoms with E-state index < -0.39 is 0 Å². The predicted octanol–water partition coefficient (Wildman–Crippen LogP) is 3.32. The Morgan fingerprint density at radius 3 is 2.86 bits per heavy atom. The van der Waals surface area contributed by atoms with Crippen molar-refractivity contribution in [1.29, 1.82) is 0 Å². The van der Waals surface area contributed by atoms with E-state index in [9.17, 15) is 9.18 Å². The maximum absolute atomic E-state index is 13.0. The van der Waals surface area contributed by atoms with Crippen LogP contribution >= 0.6 is 0 Å². The lowest BCUT2D eigenvalue weighted by atomic mass is 9.81. The third kappa shape index (κ3) is 1.94. The molecule has 0 N–H and O–H groups in total. The molecule has 76 valence electrons. The summed E-state index contributed by atoms with van der Waals surface area (Å²) in [5.41, 5.74) is 0.929. The van der Waals surface area contributed by atoms with Gasteiger partial charge in [-0.15, -0.1) is 0 Å². The Hall–Kier alpha value is -0.920. The van der Waals surface area contributed by atoms with E-state index >= 15 is 0 Å². The number of halogens is 1. The van der Waals surface area contributed by atoms with E-state index in [1.165, 1.54) is 0 Å². The van der Waals surface area contributed by atoms with E-state index in [4.69, 9.17) is 0 Å². The van der Waals surface area contributed by atoms with Gasteiger partial charge in [-0.1, -0.05) is 12.5 Å². The van der Waals surface area contributed by atoms with Crippen LogP contribution in [0.1, 0.15) is 38.5 Å². The van der Waals surface area contributed by atoms with Crippen molar-refractivity contribution in [1.82, 2.24) is 0 Å². The SMILES string of the molecule is O=C1CCCCC1C1=CCCC(F)=C1. The minimum atomic E-state index is -0.0686. The van der Waals surface area contributed by atoms with Gasteiger partial charge in [0, 0.05) is 18.8 Å². The van der Waals surface area contributed by atoms with Crippen LogP contribution in [0.5, 0.6) is 0 Å². The topological polar surface area (TPSA) is 17.1 Å². The van der Waals surface area contributed by atoms with Crippen LogP contribution < -0.4 is 0 Å². The lowest BCUT2D eigenvalue weighted by Gasteiger charge is -2.23. The summed E-state index contributed by atoms with van der Waals surface area (Å²) < 4.78 is 13.0. The van der Waals surface area contributed by atoms with Gasteiger partial charge in [-0.25, -0.2) is 4.39 Å². The highest BCUT2D eigenvalue weighted by Crippen LogP contribution is 2.31. The third-order valence-corrected chi connectivity index (χ3v) is 3.04. The Bertz CT molecular complexity index is 301. The zero-order chi connectivity index (χ0) is 9.97. The van der Waals surface area contributed by atoms with Gasteiger partial charge in [0.25, 0.3) is 0 Å². The Kier molecular flexibility index (Phi) is 2.80. The second kappa shape index (κ2) is 4.07. The molecule has 2 aliphatic rings. The van der Waals surface area contributed by atoms with Crippen molar-refractivity contribution in [2.75, 3.05) is 0 Å². The molecule has 0 aliphatic heterocycles. The molecule has 2 heteroatoms. The summed E-state index contributed by atoms with van der Waals surface area (Å²) >= 11 is 0. The fourth-order valence-corrected chi connectivity index (χ4v) is 2.27. The van der Waals surface area contributed by atoms with Gasteiger partial charge in [0.05, 0.1) is 0 Å². The van der Waals surface area contributed by atoms with Crippen molar-refractivity contribution in [3.63, 3.8) is 0 Å². The molecule has 0 aromatic rings. The lowest BCUT2D eigenvalue weighted by molar-refractivity contribution is -0.123. The molecule has 0 saturated heterocycles. The summed E-state index contributed by atoms with van der Waals surface area (Å²) in [6, 6.07) is 0. The Labute approximate surface area is 83.7 Å². The molecular formula is C12H15FO. The first-order valence-corrected chi connectivity index (χ1v) is 5.36. The number of hydrogen-bond donors (Lipinski definition) is 0. The molecule has 1 fully saturated rings. The van der Waals surface area contributed by atoms with E-state index in [0.29, 0.717) is 18.6 Å². The Morgan fingerprint density at radius 2 is 2.14 bits per heavy atom. The van der Waals surface area contributed by atoms with Gasteiger partial charge < -0.3 is 0 Å². The van der Waals surface area contributed by atoms with Gasteiger partial charge in [-0.05, 0) is 30.9 Å². The van der Waals surface area contributed by atoms with Crippen molar-refractivity contribution >= 4 is 5.78 Å². The molecule has 0 radical (unpaired) electrons. The second-order valence-electron chi connectivity index (χ2n) is 4.10. The molecule has 0 aromatic heterocycles. The predicted molar refractivity (Wildman–Crippen MR) is 53.5 cm³/mol. The van der Waals surface area contributed by atoms with Crippen LogP contribution in [0.3, 0.4) is 0 Å². The summed E-state index contributed by atoms with van der Waals surface area (Å²) in [4.78, 5) is 11.6. The highest BCUT2D eigenvalue weighted by molar-refractivity contribution is 5.85. The van der Waals surface area contributed by atoms with Crippen molar-refractivity contribution < 1.29 is 9.18 Å². The zero-order valence-electron chi connectivity index (χ0n) is 8.26. The van der Waals surface area contributed by atoms with Crippen LogP contribution in [0, 0.1) is 5.92 Å². The van der Waals surface area contributed by atoms with Crippen LogP contribution in [-0.4, -0.2) is 5.78 Å². The summed E-state index contributed by atoms with van der Waals surface area (Å²) in [6.07, 6.45) is 8.55. The minimum absolute atomic E-state index is 0.00481. The van der Waals surface area contributed by atoms with Gasteiger partial charge in [0.2, 0.25) is 0 Å². The zero-order valence-corrected chi connectivity index (χ0v) is 8.26. The van der Waals surface area contributed by atoms with Crippen LogP contribution in [0.25, 0.3) is 0 Å². The molecule has 1 unspecified atom stereocenters. The molecule has 1 atom stereocenters. The van der Waals surface area contributed by atoms with Crippen LogP contribution in [0.4, 0.5) is 4.39 Å². The number of Topliss-reactive ketones (excluding diaryl/α,β-unsaturated/α-hetero) is 1. The number of rotatable bonds is 1. The molecule has 0 amide bonds.